The van der Waals surface area contributed by atoms with E-state index in [0.717, 1.165) is 83.6 Å². The van der Waals surface area contributed by atoms with E-state index in [-0.39, 0.29) is 60.6 Å². The van der Waals surface area contributed by atoms with Gasteiger partial charge in [-0.25, -0.2) is 0 Å². The van der Waals surface area contributed by atoms with Crippen molar-refractivity contribution in [3.63, 3.8) is 0 Å². The molecule has 0 amide bonds. The molecular formula is C40H62N3O6+. The smallest absolute Gasteiger partial charge is 0.302 e. The SMILES string of the molecule is CCC1CCC(OC(C)=O)CC(=O)CC(C2CCC(OC3CCCC(O)C3)C(OC)C2)C#CCNC2CC(CCN2)CCC2=C(C=N[CH+]2)C1. The number of allylic oxidation sites excluding steroid dienone is 1. The molecule has 5 rings (SSSR count). The summed E-state index contributed by atoms with van der Waals surface area (Å²) < 4.78 is 18.3. The Labute approximate surface area is 295 Å². The number of aliphatic hydroxyl groups is 1. The van der Waals surface area contributed by atoms with Crippen LogP contribution in [0, 0.1) is 42.1 Å². The molecular weight excluding hydrogens is 618 g/mol. The minimum absolute atomic E-state index is 0.0141. The predicted molar refractivity (Wildman–Crippen MR) is 192 cm³/mol. The zero-order valence-corrected chi connectivity index (χ0v) is 30.3. The largest absolute Gasteiger partial charge is 0.462 e. The minimum atomic E-state index is -0.427. The molecule has 2 saturated carbocycles. The van der Waals surface area contributed by atoms with Crippen molar-refractivity contribution in [2.45, 2.75) is 160 Å². The molecule has 1 saturated heterocycles. The molecule has 272 valence electrons. The second-order valence-electron chi connectivity index (χ2n) is 15.4. The molecule has 0 spiro atoms. The monoisotopic (exact) mass is 680 g/mol. The van der Waals surface area contributed by atoms with Gasteiger partial charge in [-0.15, -0.1) is 4.99 Å². The lowest BCUT2D eigenvalue weighted by molar-refractivity contribution is -0.148. The van der Waals surface area contributed by atoms with Crippen LogP contribution in [0.1, 0.15) is 123 Å². The van der Waals surface area contributed by atoms with Crippen LogP contribution in [0.2, 0.25) is 0 Å². The summed E-state index contributed by atoms with van der Waals surface area (Å²) in [5.41, 5.74) is 2.71. The number of esters is 1. The number of nitrogens with zero attached hydrogens (tertiary/aromatic N) is 1. The molecule has 9 heteroatoms. The molecule has 3 fully saturated rings. The maximum absolute atomic E-state index is 13.8. The normalized spacial score (nSPS) is 36.9. The zero-order valence-electron chi connectivity index (χ0n) is 30.3. The van der Waals surface area contributed by atoms with Gasteiger partial charge in [0.15, 0.2) is 6.21 Å². The molecule has 3 heterocycles. The standard InChI is InChI=1S/C40H62N3O6/c1-4-28-11-14-37(48-27(2)44)24-35(46)21-30(31-13-15-38(39(22-31)47-3)49-36-9-5-8-34(45)23-36)7-6-17-42-40-20-29(16-18-43-40)10-12-32-25-41-26-33(32)19-28/h25-26,28-31,34,36-40,42-43,45H,4-5,8-24H2,1-3H3/q+1. The second-order valence-corrected chi connectivity index (χ2v) is 15.4. The van der Waals surface area contributed by atoms with E-state index in [4.69, 9.17) is 14.2 Å². The Morgan fingerprint density at radius 2 is 1.88 bits per heavy atom. The molecule has 3 aliphatic heterocycles. The third-order valence-electron chi connectivity index (χ3n) is 11.8. The van der Waals surface area contributed by atoms with Crippen molar-refractivity contribution in [1.82, 2.24) is 10.6 Å². The molecule has 0 radical (unpaired) electrons. The molecule has 0 aromatic carbocycles. The average Bonchev–Trinajstić information content (AvgIpc) is 3.53. The molecule has 10 atom stereocenters. The summed E-state index contributed by atoms with van der Waals surface area (Å²) in [5.74, 6) is 7.90. The van der Waals surface area contributed by atoms with Gasteiger partial charge in [-0.05, 0) is 101 Å². The lowest BCUT2D eigenvalue weighted by Crippen LogP contribution is -2.47. The Morgan fingerprint density at radius 3 is 2.67 bits per heavy atom. The van der Waals surface area contributed by atoms with Crippen molar-refractivity contribution in [2.24, 2.45) is 28.7 Å². The minimum Gasteiger partial charge on any atom is -0.462 e. The molecule has 5 aliphatic rings. The van der Waals surface area contributed by atoms with E-state index in [1.165, 1.54) is 24.5 Å². The van der Waals surface area contributed by atoms with Crippen LogP contribution in [0.25, 0.3) is 0 Å². The summed E-state index contributed by atoms with van der Waals surface area (Å²) in [6, 6.07) is 0. The van der Waals surface area contributed by atoms with Crippen LogP contribution >= 0.6 is 0 Å². The van der Waals surface area contributed by atoms with Gasteiger partial charge in [-0.3, -0.25) is 14.9 Å². The Hall–Kier alpha value is -2.22. The summed E-state index contributed by atoms with van der Waals surface area (Å²) in [6.07, 6.45) is 16.2. The van der Waals surface area contributed by atoms with Crippen LogP contribution in [-0.2, 0) is 23.8 Å². The Balaban J connectivity index is 1.29. The van der Waals surface area contributed by atoms with Crippen molar-refractivity contribution >= 4 is 18.0 Å². The van der Waals surface area contributed by atoms with E-state index < -0.39 is 6.10 Å². The van der Waals surface area contributed by atoms with Crippen LogP contribution in [0.5, 0.6) is 0 Å². The summed E-state index contributed by atoms with van der Waals surface area (Å²) in [6.45, 7) is 7.28. The highest BCUT2D eigenvalue weighted by Crippen LogP contribution is 2.37. The van der Waals surface area contributed by atoms with Gasteiger partial charge in [-0.1, -0.05) is 25.2 Å². The van der Waals surface area contributed by atoms with Gasteiger partial charge in [0, 0.05) is 45.6 Å². The average molecular weight is 681 g/mol. The van der Waals surface area contributed by atoms with Gasteiger partial charge in [0.25, 0.3) is 0 Å². The Bertz CT molecular complexity index is 1210. The first-order valence-electron chi connectivity index (χ1n) is 19.4. The van der Waals surface area contributed by atoms with Gasteiger partial charge in [-0.2, -0.15) is 0 Å². The number of piperidine rings is 1. The van der Waals surface area contributed by atoms with Crippen molar-refractivity contribution in [3.8, 4) is 11.8 Å². The van der Waals surface area contributed by atoms with Crippen LogP contribution in [0.3, 0.4) is 0 Å². The van der Waals surface area contributed by atoms with Gasteiger partial charge >= 0.3 is 5.97 Å². The van der Waals surface area contributed by atoms with Crippen LogP contribution < -0.4 is 10.6 Å². The van der Waals surface area contributed by atoms with E-state index in [1.807, 2.05) is 12.8 Å². The van der Waals surface area contributed by atoms with Crippen molar-refractivity contribution in [2.75, 3.05) is 20.2 Å². The molecule has 2 bridgehead atoms. The van der Waals surface area contributed by atoms with Crippen LogP contribution in [-0.4, -0.2) is 80.0 Å². The third kappa shape index (κ3) is 11.9. The highest BCUT2D eigenvalue weighted by atomic mass is 16.5. The molecule has 2 aliphatic carbocycles. The van der Waals surface area contributed by atoms with Crippen LogP contribution in [0.15, 0.2) is 16.1 Å². The number of Topliss-reactive ketones (excluding diaryl/α,β-unsaturated/α-hetero) is 1. The predicted octanol–water partition coefficient (Wildman–Crippen LogP) is 5.84. The topological polar surface area (TPSA) is 118 Å². The fourth-order valence-electron chi connectivity index (χ4n) is 8.85. The molecule has 49 heavy (non-hydrogen) atoms. The van der Waals surface area contributed by atoms with Crippen molar-refractivity contribution in [1.29, 1.82) is 0 Å². The van der Waals surface area contributed by atoms with E-state index in [9.17, 15) is 14.7 Å². The van der Waals surface area contributed by atoms with Gasteiger partial charge in [0.2, 0.25) is 0 Å². The number of hydrogen-bond donors (Lipinski definition) is 3. The number of nitrogens with one attached hydrogen (secondary N) is 2. The summed E-state index contributed by atoms with van der Waals surface area (Å²) in [4.78, 5) is 30.4. The number of aliphatic imine (C=N–C) groups is 1. The number of carbonyl (C=O) groups excluding carboxylic acids is 2. The maximum atomic E-state index is 13.8. The van der Waals surface area contributed by atoms with Crippen molar-refractivity contribution < 1.29 is 28.9 Å². The number of hydrogen-bond acceptors (Lipinski definition) is 9. The van der Waals surface area contributed by atoms with Gasteiger partial charge in [0.1, 0.15) is 24.0 Å². The first-order valence-corrected chi connectivity index (χ1v) is 19.4. The molecule has 10 unspecified atom stereocenters. The quantitative estimate of drug-likeness (QED) is 0.182. The lowest BCUT2D eigenvalue weighted by atomic mass is 9.75. The van der Waals surface area contributed by atoms with E-state index in [1.54, 1.807) is 7.11 Å². The summed E-state index contributed by atoms with van der Waals surface area (Å²) >= 11 is 0. The van der Waals surface area contributed by atoms with Gasteiger partial charge in [0.05, 0.1) is 42.7 Å². The zero-order chi connectivity index (χ0) is 34.6. The Kier molecular flexibility index (Phi) is 15.1. The number of rotatable bonds is 6. The number of carbonyl (C=O) groups is 2. The fourth-order valence-corrected chi connectivity index (χ4v) is 8.85. The molecule has 0 aromatic heterocycles. The lowest BCUT2D eigenvalue weighted by Gasteiger charge is -2.40. The van der Waals surface area contributed by atoms with E-state index >= 15 is 0 Å². The van der Waals surface area contributed by atoms with E-state index in [0.29, 0.717) is 37.6 Å². The maximum Gasteiger partial charge on any atom is 0.302 e. The highest BCUT2D eigenvalue weighted by Gasteiger charge is 2.38. The number of ether oxygens (including phenoxy) is 3. The molecule has 3 N–H and O–H groups in total. The molecule has 9 nitrogen and oxygen atoms in total. The second kappa shape index (κ2) is 19.4. The summed E-state index contributed by atoms with van der Waals surface area (Å²) in [7, 11) is 1.75. The number of aliphatic hydroxyl groups excluding tert-OH is 1. The van der Waals surface area contributed by atoms with Crippen molar-refractivity contribution in [3.05, 3.63) is 17.7 Å². The first-order chi connectivity index (χ1) is 23.8. The third-order valence-corrected chi connectivity index (χ3v) is 11.8. The molecule has 0 aromatic rings. The summed E-state index contributed by atoms with van der Waals surface area (Å²) in [5, 5.41) is 17.5. The number of methoxy groups -OCH3 is 1. The number of ketones is 1. The van der Waals surface area contributed by atoms with Crippen LogP contribution in [0.4, 0.5) is 0 Å². The van der Waals surface area contributed by atoms with E-state index in [2.05, 4.69) is 34.4 Å². The Morgan fingerprint density at radius 1 is 1.00 bits per heavy atom. The number of fused-ring (bicyclic) bond motifs is 2. The van der Waals surface area contributed by atoms with Gasteiger partial charge < -0.3 is 24.6 Å². The first kappa shape index (κ1) is 38.0. The fraction of sp³-hybridized carbons (Fsp3) is 0.800. The highest BCUT2D eigenvalue weighted by molar-refractivity contribution is 5.84.